The number of carbonyl (C=O) groups excluding carboxylic acids is 2. The zero-order valence-corrected chi connectivity index (χ0v) is 12.5. The van der Waals surface area contributed by atoms with Crippen molar-refractivity contribution in [3.8, 4) is 0 Å². The van der Waals surface area contributed by atoms with Crippen molar-refractivity contribution in [3.05, 3.63) is 23.2 Å². The van der Waals surface area contributed by atoms with Crippen molar-refractivity contribution in [1.29, 1.82) is 0 Å². The maximum atomic E-state index is 11.8. The molecule has 0 spiro atoms. The van der Waals surface area contributed by atoms with Gasteiger partial charge in [0.05, 0.1) is 30.3 Å². The molecule has 2 amide bonds. The molecule has 1 aromatic carbocycles. The van der Waals surface area contributed by atoms with Crippen molar-refractivity contribution in [2.75, 3.05) is 43.7 Å². The highest BCUT2D eigenvalue weighted by molar-refractivity contribution is 6.34. The lowest BCUT2D eigenvalue weighted by Crippen LogP contribution is -2.41. The van der Waals surface area contributed by atoms with Crippen LogP contribution in [0.4, 0.5) is 11.4 Å². The Labute approximate surface area is 128 Å². The first-order valence-corrected chi connectivity index (χ1v) is 6.96. The summed E-state index contributed by atoms with van der Waals surface area (Å²) in [5, 5.41) is 3.14. The van der Waals surface area contributed by atoms with Gasteiger partial charge in [-0.3, -0.25) is 9.59 Å². The van der Waals surface area contributed by atoms with E-state index in [0.717, 1.165) is 0 Å². The van der Waals surface area contributed by atoms with Gasteiger partial charge in [0.15, 0.2) is 0 Å². The van der Waals surface area contributed by atoms with Crippen molar-refractivity contribution in [1.82, 2.24) is 0 Å². The third-order valence-corrected chi connectivity index (χ3v) is 3.34. The van der Waals surface area contributed by atoms with E-state index in [2.05, 4.69) is 5.32 Å². The lowest BCUT2D eigenvalue weighted by atomic mass is 10.2. The summed E-state index contributed by atoms with van der Waals surface area (Å²) in [4.78, 5) is 25.0. The van der Waals surface area contributed by atoms with Crippen LogP contribution in [0.2, 0.25) is 5.02 Å². The Hall–Kier alpha value is -1.63. The number of hydrogen-bond donors (Lipinski definition) is 1. The monoisotopic (exact) mass is 312 g/mol. The zero-order valence-electron chi connectivity index (χ0n) is 11.7. The molecule has 1 heterocycles. The second-order valence-electron chi connectivity index (χ2n) is 4.56. The molecule has 2 rings (SSSR count). The predicted molar refractivity (Wildman–Crippen MR) is 79.7 cm³/mol. The van der Waals surface area contributed by atoms with Gasteiger partial charge in [0.2, 0.25) is 5.91 Å². The maximum Gasteiger partial charge on any atom is 0.253 e. The fraction of sp³-hybridized carbons (Fsp3) is 0.429. The van der Waals surface area contributed by atoms with E-state index in [9.17, 15) is 9.59 Å². The van der Waals surface area contributed by atoms with Gasteiger partial charge in [0, 0.05) is 19.3 Å². The lowest BCUT2D eigenvalue weighted by molar-refractivity contribution is -0.125. The summed E-state index contributed by atoms with van der Waals surface area (Å²) in [6.07, 6.45) is 0.276. The third kappa shape index (κ3) is 4.17. The SMILES string of the molecule is COCCC(=O)Nc1ccc(N2CCOCC2=O)c(Cl)c1. The number of halogens is 1. The normalized spacial score (nSPS) is 15.1. The second kappa shape index (κ2) is 7.40. The Morgan fingerprint density at radius 3 is 3.00 bits per heavy atom. The fourth-order valence-corrected chi connectivity index (χ4v) is 2.28. The molecule has 114 valence electrons. The van der Waals surface area contributed by atoms with Crippen molar-refractivity contribution < 1.29 is 19.1 Å². The molecule has 0 bridgehead atoms. The molecule has 1 saturated heterocycles. The molecule has 0 saturated carbocycles. The molecule has 7 heteroatoms. The summed E-state index contributed by atoms with van der Waals surface area (Å²) in [7, 11) is 1.54. The Kier molecular flexibility index (Phi) is 5.55. The zero-order chi connectivity index (χ0) is 15.2. The summed E-state index contributed by atoms with van der Waals surface area (Å²) in [6.45, 7) is 1.38. The summed E-state index contributed by atoms with van der Waals surface area (Å²) in [5.41, 5.74) is 1.21. The first kappa shape index (κ1) is 15.8. The number of amides is 2. The van der Waals surface area contributed by atoms with Crippen molar-refractivity contribution >= 4 is 34.8 Å². The molecule has 1 aliphatic heterocycles. The van der Waals surface area contributed by atoms with Gasteiger partial charge in [-0.2, -0.15) is 0 Å². The Morgan fingerprint density at radius 1 is 1.52 bits per heavy atom. The van der Waals surface area contributed by atoms with Crippen LogP contribution in [0.15, 0.2) is 18.2 Å². The summed E-state index contributed by atoms with van der Waals surface area (Å²) < 4.78 is 9.93. The van der Waals surface area contributed by atoms with E-state index < -0.39 is 0 Å². The number of ether oxygens (including phenoxy) is 2. The van der Waals surface area contributed by atoms with Crippen LogP contribution in [0.3, 0.4) is 0 Å². The molecule has 0 aliphatic carbocycles. The molecular weight excluding hydrogens is 296 g/mol. The molecular formula is C14H17ClN2O4. The molecule has 0 unspecified atom stereocenters. The van der Waals surface area contributed by atoms with E-state index in [1.165, 1.54) is 7.11 Å². The quantitative estimate of drug-likeness (QED) is 0.898. The van der Waals surface area contributed by atoms with Crippen LogP contribution in [-0.2, 0) is 19.1 Å². The minimum absolute atomic E-state index is 0.0613. The lowest BCUT2D eigenvalue weighted by Gasteiger charge is -2.27. The van der Waals surface area contributed by atoms with Gasteiger partial charge in [0.25, 0.3) is 5.91 Å². The molecule has 1 N–H and O–H groups in total. The largest absolute Gasteiger partial charge is 0.384 e. The first-order valence-electron chi connectivity index (χ1n) is 6.58. The fourth-order valence-electron chi connectivity index (χ4n) is 1.99. The number of carbonyl (C=O) groups is 2. The summed E-state index contributed by atoms with van der Waals surface area (Å²) in [6, 6.07) is 5.07. The Bertz CT molecular complexity index is 536. The van der Waals surface area contributed by atoms with E-state index in [-0.39, 0.29) is 24.8 Å². The van der Waals surface area contributed by atoms with Crippen molar-refractivity contribution in [2.24, 2.45) is 0 Å². The van der Waals surface area contributed by atoms with Crippen molar-refractivity contribution in [2.45, 2.75) is 6.42 Å². The van der Waals surface area contributed by atoms with Crippen LogP contribution in [0.1, 0.15) is 6.42 Å². The van der Waals surface area contributed by atoms with Gasteiger partial charge in [0.1, 0.15) is 6.61 Å². The van der Waals surface area contributed by atoms with Gasteiger partial charge in [-0.05, 0) is 18.2 Å². The van der Waals surface area contributed by atoms with Crippen molar-refractivity contribution in [3.63, 3.8) is 0 Å². The molecule has 0 aromatic heterocycles. The molecule has 1 fully saturated rings. The van der Waals surface area contributed by atoms with Crippen LogP contribution in [0.5, 0.6) is 0 Å². The van der Waals surface area contributed by atoms with E-state index in [0.29, 0.717) is 36.2 Å². The van der Waals surface area contributed by atoms with E-state index in [1.807, 2.05) is 0 Å². The van der Waals surface area contributed by atoms with Gasteiger partial charge in [-0.25, -0.2) is 0 Å². The predicted octanol–water partition coefficient (Wildman–Crippen LogP) is 1.68. The van der Waals surface area contributed by atoms with Gasteiger partial charge in [-0.15, -0.1) is 0 Å². The molecule has 6 nitrogen and oxygen atoms in total. The second-order valence-corrected chi connectivity index (χ2v) is 4.96. The number of benzene rings is 1. The number of anilines is 2. The number of nitrogens with one attached hydrogen (secondary N) is 1. The minimum atomic E-state index is -0.150. The molecule has 1 aliphatic rings. The summed E-state index contributed by atoms with van der Waals surface area (Å²) >= 11 is 6.21. The van der Waals surface area contributed by atoms with E-state index in [1.54, 1.807) is 23.1 Å². The molecule has 0 radical (unpaired) electrons. The number of morpholine rings is 1. The standard InChI is InChI=1S/C14H17ClN2O4/c1-20-6-4-13(18)16-10-2-3-12(11(15)8-10)17-5-7-21-9-14(17)19/h2-3,8H,4-7,9H2,1H3,(H,16,18). The number of hydrogen-bond acceptors (Lipinski definition) is 4. The highest BCUT2D eigenvalue weighted by Crippen LogP contribution is 2.29. The van der Waals surface area contributed by atoms with Gasteiger partial charge < -0.3 is 19.7 Å². The Balaban J connectivity index is 2.06. The summed E-state index contributed by atoms with van der Waals surface area (Å²) in [5.74, 6) is -0.275. The third-order valence-electron chi connectivity index (χ3n) is 3.04. The van der Waals surface area contributed by atoms with E-state index in [4.69, 9.17) is 21.1 Å². The molecule has 0 atom stereocenters. The average Bonchev–Trinajstić information content (AvgIpc) is 2.46. The topological polar surface area (TPSA) is 67.9 Å². The molecule has 21 heavy (non-hydrogen) atoms. The molecule has 1 aromatic rings. The van der Waals surface area contributed by atoms with Crippen LogP contribution in [-0.4, -0.2) is 45.3 Å². The number of nitrogens with zero attached hydrogens (tertiary/aromatic N) is 1. The maximum absolute atomic E-state index is 11.8. The first-order chi connectivity index (χ1) is 10.1. The smallest absolute Gasteiger partial charge is 0.253 e. The van der Waals surface area contributed by atoms with E-state index >= 15 is 0 Å². The number of rotatable bonds is 5. The van der Waals surface area contributed by atoms with Crippen LogP contribution >= 0.6 is 11.6 Å². The Morgan fingerprint density at radius 2 is 2.33 bits per heavy atom. The van der Waals surface area contributed by atoms with Crippen LogP contribution < -0.4 is 10.2 Å². The number of methoxy groups -OCH3 is 1. The van der Waals surface area contributed by atoms with Gasteiger partial charge >= 0.3 is 0 Å². The highest BCUT2D eigenvalue weighted by Gasteiger charge is 2.22. The highest BCUT2D eigenvalue weighted by atomic mass is 35.5. The van der Waals surface area contributed by atoms with Gasteiger partial charge in [-0.1, -0.05) is 11.6 Å². The minimum Gasteiger partial charge on any atom is -0.384 e. The van der Waals surface area contributed by atoms with Crippen LogP contribution in [0, 0.1) is 0 Å². The average molecular weight is 313 g/mol. The van der Waals surface area contributed by atoms with Crippen LogP contribution in [0.25, 0.3) is 0 Å².